The summed E-state index contributed by atoms with van der Waals surface area (Å²) < 4.78 is 14.1. The van der Waals surface area contributed by atoms with E-state index in [2.05, 4.69) is 28.1 Å². The highest BCUT2D eigenvalue weighted by atomic mass is 79.9. The van der Waals surface area contributed by atoms with Gasteiger partial charge < -0.3 is 0 Å². The second kappa shape index (κ2) is 5.03. The molecule has 0 saturated carbocycles. The van der Waals surface area contributed by atoms with Gasteiger partial charge in [0.05, 0.1) is 16.0 Å². The molecule has 0 aromatic heterocycles. The van der Waals surface area contributed by atoms with Gasteiger partial charge in [-0.25, -0.2) is 4.39 Å². The Morgan fingerprint density at radius 1 is 1.20 bits per heavy atom. The summed E-state index contributed by atoms with van der Waals surface area (Å²) in [5.41, 5.74) is 2.65. The lowest BCUT2D eigenvalue weighted by Gasteiger charge is -2.23. The Morgan fingerprint density at radius 3 is 2.80 bits per heavy atom. The van der Waals surface area contributed by atoms with Crippen LogP contribution in [0.2, 0.25) is 0 Å². The van der Waals surface area contributed by atoms with Crippen LogP contribution in [0, 0.1) is 17.1 Å². The molecule has 1 aliphatic carbocycles. The summed E-state index contributed by atoms with van der Waals surface area (Å²) in [5.74, 6) is -0.276. The third-order valence-electron chi connectivity index (χ3n) is 4.09. The van der Waals surface area contributed by atoms with Crippen molar-refractivity contribution in [1.82, 2.24) is 0 Å². The second-order valence-electron chi connectivity index (χ2n) is 5.24. The molecule has 0 N–H and O–H groups in total. The largest absolute Gasteiger partial charge is 0.206 e. The van der Waals surface area contributed by atoms with Crippen molar-refractivity contribution in [3.8, 4) is 6.07 Å². The van der Waals surface area contributed by atoms with Crippen LogP contribution in [-0.2, 0) is 18.3 Å². The molecule has 0 amide bonds. The topological polar surface area (TPSA) is 23.8 Å². The summed E-state index contributed by atoms with van der Waals surface area (Å²) in [4.78, 5) is 0. The van der Waals surface area contributed by atoms with Crippen molar-refractivity contribution in [3.63, 3.8) is 0 Å². The monoisotopic (exact) mass is 329 g/mol. The molecule has 3 rings (SSSR count). The van der Waals surface area contributed by atoms with Gasteiger partial charge >= 0.3 is 0 Å². The number of benzene rings is 2. The van der Waals surface area contributed by atoms with Crippen LogP contribution in [0.1, 0.15) is 23.1 Å². The number of aryl methyl sites for hydroxylation is 1. The number of nitriles is 1. The second-order valence-corrected chi connectivity index (χ2v) is 6.03. The summed E-state index contributed by atoms with van der Waals surface area (Å²) >= 11 is 3.30. The molecule has 2 aromatic carbocycles. The summed E-state index contributed by atoms with van der Waals surface area (Å²) in [6.45, 7) is 0. The van der Waals surface area contributed by atoms with Crippen LogP contribution in [0.15, 0.2) is 46.9 Å². The molecule has 2 aromatic rings. The van der Waals surface area contributed by atoms with Gasteiger partial charge in [-0.05, 0) is 57.9 Å². The highest BCUT2D eigenvalue weighted by Gasteiger charge is 2.39. The zero-order chi connectivity index (χ0) is 14.2. The van der Waals surface area contributed by atoms with Crippen molar-refractivity contribution in [3.05, 3.63) is 69.4 Å². The quantitative estimate of drug-likeness (QED) is 0.793. The highest BCUT2D eigenvalue weighted by Crippen LogP contribution is 2.42. The van der Waals surface area contributed by atoms with Crippen molar-refractivity contribution >= 4 is 15.9 Å². The Kier molecular flexibility index (Phi) is 3.35. The van der Waals surface area contributed by atoms with E-state index in [1.807, 2.05) is 24.3 Å². The van der Waals surface area contributed by atoms with Gasteiger partial charge in [0.15, 0.2) is 0 Å². The number of nitrogens with zero attached hydrogens (tertiary/aromatic N) is 1. The van der Waals surface area contributed by atoms with Crippen LogP contribution < -0.4 is 0 Å². The van der Waals surface area contributed by atoms with Crippen molar-refractivity contribution < 1.29 is 4.39 Å². The van der Waals surface area contributed by atoms with Crippen LogP contribution in [-0.4, -0.2) is 0 Å². The number of fused-ring (bicyclic) bond motifs is 1. The average molecular weight is 330 g/mol. The molecule has 1 nitrogen and oxygen atoms in total. The molecule has 0 spiro atoms. The number of hydrogen-bond donors (Lipinski definition) is 0. The number of halogens is 2. The predicted octanol–water partition coefficient (Wildman–Crippen LogP) is 4.54. The first-order chi connectivity index (χ1) is 9.66. The zero-order valence-corrected chi connectivity index (χ0v) is 12.5. The van der Waals surface area contributed by atoms with E-state index in [-0.39, 0.29) is 5.82 Å². The first-order valence-corrected chi connectivity index (χ1v) is 7.38. The van der Waals surface area contributed by atoms with Crippen LogP contribution in [0.5, 0.6) is 0 Å². The Morgan fingerprint density at radius 2 is 2.00 bits per heavy atom. The van der Waals surface area contributed by atoms with Crippen LogP contribution in [0.25, 0.3) is 0 Å². The van der Waals surface area contributed by atoms with Gasteiger partial charge in [0.2, 0.25) is 0 Å². The molecule has 0 aliphatic heterocycles. The van der Waals surface area contributed by atoms with Gasteiger partial charge in [0.1, 0.15) is 5.82 Å². The van der Waals surface area contributed by atoms with Crippen LogP contribution >= 0.6 is 15.9 Å². The minimum absolute atomic E-state index is 0.276. The molecule has 1 aliphatic rings. The van der Waals surface area contributed by atoms with Gasteiger partial charge in [0.25, 0.3) is 0 Å². The van der Waals surface area contributed by atoms with Crippen molar-refractivity contribution in [2.45, 2.75) is 24.7 Å². The highest BCUT2D eigenvalue weighted by molar-refractivity contribution is 9.10. The molecule has 0 heterocycles. The molecule has 3 heteroatoms. The van der Waals surface area contributed by atoms with E-state index < -0.39 is 5.41 Å². The Bertz CT molecular complexity index is 704. The third-order valence-corrected chi connectivity index (χ3v) is 4.98. The van der Waals surface area contributed by atoms with E-state index in [1.54, 1.807) is 6.07 Å². The summed E-state index contributed by atoms with van der Waals surface area (Å²) in [5, 5.41) is 9.73. The molecule has 1 unspecified atom stereocenters. The van der Waals surface area contributed by atoms with Gasteiger partial charge in [0, 0.05) is 0 Å². The fraction of sp³-hybridized carbons (Fsp3) is 0.235. The van der Waals surface area contributed by atoms with Crippen LogP contribution in [0.3, 0.4) is 0 Å². The summed E-state index contributed by atoms with van der Waals surface area (Å²) in [6, 6.07) is 15.6. The SMILES string of the molecule is N#CC1(Cc2cccc(F)c2Br)CCc2ccccc21. The Balaban J connectivity index is 2.05. The number of hydrogen-bond acceptors (Lipinski definition) is 1. The maximum absolute atomic E-state index is 13.6. The van der Waals surface area contributed by atoms with Crippen LogP contribution in [0.4, 0.5) is 4.39 Å². The smallest absolute Gasteiger partial charge is 0.137 e. The summed E-state index contributed by atoms with van der Waals surface area (Å²) in [7, 11) is 0. The molecule has 1 atom stereocenters. The molecule has 20 heavy (non-hydrogen) atoms. The van der Waals surface area contributed by atoms with E-state index >= 15 is 0 Å². The van der Waals surface area contributed by atoms with E-state index in [0.717, 1.165) is 24.0 Å². The molecule has 0 fully saturated rings. The fourth-order valence-electron chi connectivity index (χ4n) is 3.04. The lowest BCUT2D eigenvalue weighted by atomic mass is 9.78. The first kappa shape index (κ1) is 13.3. The Hall–Kier alpha value is -1.66. The molecule has 0 saturated heterocycles. The molecular weight excluding hydrogens is 317 g/mol. The van der Waals surface area contributed by atoms with Crippen molar-refractivity contribution in [2.75, 3.05) is 0 Å². The third kappa shape index (κ3) is 2.05. The first-order valence-electron chi connectivity index (χ1n) is 6.59. The van der Waals surface area contributed by atoms with Gasteiger partial charge in [-0.1, -0.05) is 36.4 Å². The average Bonchev–Trinajstić information content (AvgIpc) is 2.84. The standard InChI is InChI=1S/C17H13BrFN/c18-16-13(5-3-7-15(16)19)10-17(11-20)9-8-12-4-1-2-6-14(12)17/h1-7H,8-10H2. The minimum atomic E-state index is -0.535. The van der Waals surface area contributed by atoms with E-state index in [9.17, 15) is 9.65 Å². The lowest BCUT2D eigenvalue weighted by molar-refractivity contribution is 0.535. The summed E-state index contributed by atoms with van der Waals surface area (Å²) in [6.07, 6.45) is 2.25. The predicted molar refractivity (Wildman–Crippen MR) is 79.9 cm³/mol. The van der Waals surface area contributed by atoms with E-state index in [0.29, 0.717) is 10.9 Å². The molecule has 0 bridgehead atoms. The van der Waals surface area contributed by atoms with Crippen molar-refractivity contribution in [2.24, 2.45) is 0 Å². The number of rotatable bonds is 2. The maximum Gasteiger partial charge on any atom is 0.137 e. The van der Waals surface area contributed by atoms with Gasteiger partial charge in [-0.2, -0.15) is 5.26 Å². The molecule has 100 valence electrons. The molecule has 0 radical (unpaired) electrons. The molecular formula is C17H13BrFN. The van der Waals surface area contributed by atoms with E-state index in [4.69, 9.17) is 0 Å². The Labute approximate surface area is 126 Å². The van der Waals surface area contributed by atoms with E-state index in [1.165, 1.54) is 11.6 Å². The zero-order valence-electron chi connectivity index (χ0n) is 10.9. The van der Waals surface area contributed by atoms with Gasteiger partial charge in [-0.3, -0.25) is 0 Å². The normalized spacial score (nSPS) is 20.4. The maximum atomic E-state index is 13.6. The lowest BCUT2D eigenvalue weighted by Crippen LogP contribution is -2.24. The fourth-order valence-corrected chi connectivity index (χ4v) is 3.44. The minimum Gasteiger partial charge on any atom is -0.206 e. The van der Waals surface area contributed by atoms with Gasteiger partial charge in [-0.15, -0.1) is 0 Å². The van der Waals surface area contributed by atoms with Crippen molar-refractivity contribution in [1.29, 1.82) is 5.26 Å².